The number of para-hydroxylation sites is 1. The molecule has 0 bridgehead atoms. The maximum Gasteiger partial charge on any atom is 0.166 e. The third-order valence-corrected chi connectivity index (χ3v) is 5.47. The second-order valence-corrected chi connectivity index (χ2v) is 7.39. The largest absolute Gasteiger partial charge is 0.376 e. The van der Waals surface area contributed by atoms with Gasteiger partial charge in [-0.2, -0.15) is 0 Å². The first-order valence-corrected chi connectivity index (χ1v) is 9.96. The number of aromatic amines is 1. The van der Waals surface area contributed by atoms with Gasteiger partial charge in [-0.05, 0) is 42.3 Å². The standard InChI is InChI=1S/C22H25N3OS/c27-22(24-13-17-9-6-12-26-17)25-14-19(16-7-2-1-3-8-16)20-15-23-21-11-5-4-10-18(20)21/h1-5,7-8,10-11,15,17,19,23H,6,9,12-14H2,(H2,24,25,27)/t17-,19+/m0/s1. The fourth-order valence-electron chi connectivity index (χ4n) is 3.74. The van der Waals surface area contributed by atoms with Crippen LogP contribution in [0, 0.1) is 0 Å². The number of ether oxygens (including phenoxy) is 1. The Labute approximate surface area is 165 Å². The van der Waals surface area contributed by atoms with Crippen LogP contribution in [0.1, 0.15) is 29.9 Å². The van der Waals surface area contributed by atoms with Crippen molar-refractivity contribution in [3.63, 3.8) is 0 Å². The van der Waals surface area contributed by atoms with Gasteiger partial charge in [0.05, 0.1) is 6.10 Å². The summed E-state index contributed by atoms with van der Waals surface area (Å²) in [5, 5.41) is 8.65. The average molecular weight is 380 g/mol. The molecular weight excluding hydrogens is 354 g/mol. The molecule has 5 heteroatoms. The first-order chi connectivity index (χ1) is 13.3. The third-order valence-electron chi connectivity index (χ3n) is 5.18. The minimum Gasteiger partial charge on any atom is -0.376 e. The lowest BCUT2D eigenvalue weighted by Gasteiger charge is -2.20. The van der Waals surface area contributed by atoms with Crippen LogP contribution >= 0.6 is 12.2 Å². The fourth-order valence-corrected chi connectivity index (χ4v) is 3.91. The molecule has 0 saturated carbocycles. The summed E-state index contributed by atoms with van der Waals surface area (Å²) in [7, 11) is 0. The molecule has 3 aromatic rings. The summed E-state index contributed by atoms with van der Waals surface area (Å²) in [6, 6.07) is 19.0. The molecule has 4 rings (SSSR count). The molecule has 1 aliphatic heterocycles. The van der Waals surface area contributed by atoms with Crippen molar-refractivity contribution >= 4 is 28.2 Å². The van der Waals surface area contributed by atoms with Gasteiger partial charge in [0.2, 0.25) is 0 Å². The Morgan fingerprint density at radius 2 is 1.93 bits per heavy atom. The van der Waals surface area contributed by atoms with E-state index in [9.17, 15) is 0 Å². The normalized spacial score (nSPS) is 17.7. The summed E-state index contributed by atoms with van der Waals surface area (Å²) >= 11 is 5.50. The van der Waals surface area contributed by atoms with Gasteiger partial charge in [-0.3, -0.25) is 0 Å². The molecule has 3 N–H and O–H groups in total. The van der Waals surface area contributed by atoms with Crippen LogP contribution in [0.3, 0.4) is 0 Å². The third kappa shape index (κ3) is 4.31. The Kier molecular flexibility index (Phi) is 5.70. The van der Waals surface area contributed by atoms with Crippen molar-refractivity contribution in [2.24, 2.45) is 0 Å². The quantitative estimate of drug-likeness (QED) is 0.568. The number of thiocarbonyl (C=S) groups is 1. The number of hydrogen-bond donors (Lipinski definition) is 3. The van der Waals surface area contributed by atoms with Gasteiger partial charge >= 0.3 is 0 Å². The van der Waals surface area contributed by atoms with E-state index in [2.05, 4.69) is 76.4 Å². The maximum atomic E-state index is 5.65. The zero-order valence-electron chi connectivity index (χ0n) is 15.3. The predicted molar refractivity (Wildman–Crippen MR) is 114 cm³/mol. The van der Waals surface area contributed by atoms with Crippen LogP contribution in [0.4, 0.5) is 0 Å². The monoisotopic (exact) mass is 379 g/mol. The predicted octanol–water partition coefficient (Wildman–Crippen LogP) is 3.94. The van der Waals surface area contributed by atoms with Crippen LogP contribution < -0.4 is 10.6 Å². The number of nitrogens with one attached hydrogen (secondary N) is 3. The first-order valence-electron chi connectivity index (χ1n) is 9.55. The first kappa shape index (κ1) is 18.0. The van der Waals surface area contributed by atoms with Gasteiger partial charge < -0.3 is 20.4 Å². The van der Waals surface area contributed by atoms with Crippen molar-refractivity contribution < 1.29 is 4.74 Å². The van der Waals surface area contributed by atoms with E-state index >= 15 is 0 Å². The summed E-state index contributed by atoms with van der Waals surface area (Å²) in [4.78, 5) is 3.40. The number of aromatic nitrogens is 1. The van der Waals surface area contributed by atoms with Gasteiger partial charge in [0.25, 0.3) is 0 Å². The molecule has 1 saturated heterocycles. The molecule has 140 valence electrons. The minimum absolute atomic E-state index is 0.213. The van der Waals surface area contributed by atoms with Crippen molar-refractivity contribution in [1.29, 1.82) is 0 Å². The Balaban J connectivity index is 1.48. The smallest absolute Gasteiger partial charge is 0.166 e. The molecule has 2 aromatic carbocycles. The molecule has 1 aliphatic rings. The van der Waals surface area contributed by atoms with Gasteiger partial charge in [-0.1, -0.05) is 48.5 Å². The maximum absolute atomic E-state index is 5.65. The van der Waals surface area contributed by atoms with Crippen molar-refractivity contribution in [2.45, 2.75) is 24.9 Å². The van der Waals surface area contributed by atoms with Crippen LogP contribution in [-0.2, 0) is 4.74 Å². The molecular formula is C22H25N3OS. The van der Waals surface area contributed by atoms with Crippen LogP contribution in [0.5, 0.6) is 0 Å². The number of hydrogen-bond acceptors (Lipinski definition) is 2. The lowest BCUT2D eigenvalue weighted by atomic mass is 9.91. The van der Waals surface area contributed by atoms with Crippen LogP contribution in [0.2, 0.25) is 0 Å². The van der Waals surface area contributed by atoms with Crippen molar-refractivity contribution in [3.05, 3.63) is 71.9 Å². The number of benzene rings is 2. The summed E-state index contributed by atoms with van der Waals surface area (Å²) in [5.41, 5.74) is 3.72. The van der Waals surface area contributed by atoms with Gasteiger partial charge in [-0.25, -0.2) is 0 Å². The van der Waals surface area contributed by atoms with E-state index in [1.807, 2.05) is 0 Å². The number of fused-ring (bicyclic) bond motifs is 1. The molecule has 0 radical (unpaired) electrons. The van der Waals surface area contributed by atoms with Crippen LogP contribution in [0.15, 0.2) is 60.8 Å². The Bertz CT molecular complexity index is 887. The van der Waals surface area contributed by atoms with E-state index in [-0.39, 0.29) is 12.0 Å². The minimum atomic E-state index is 0.213. The molecule has 0 aliphatic carbocycles. The molecule has 0 unspecified atom stereocenters. The topological polar surface area (TPSA) is 49.1 Å². The van der Waals surface area contributed by atoms with Gasteiger partial charge in [-0.15, -0.1) is 0 Å². The van der Waals surface area contributed by atoms with E-state index in [1.165, 1.54) is 16.5 Å². The van der Waals surface area contributed by atoms with Gasteiger partial charge in [0, 0.05) is 42.7 Å². The molecule has 1 aromatic heterocycles. The van der Waals surface area contributed by atoms with Crippen LogP contribution in [-0.4, -0.2) is 35.9 Å². The highest BCUT2D eigenvalue weighted by molar-refractivity contribution is 7.80. The second kappa shape index (κ2) is 8.55. The van der Waals surface area contributed by atoms with E-state index in [0.29, 0.717) is 5.11 Å². The molecule has 4 nitrogen and oxygen atoms in total. The number of H-pyrrole nitrogens is 1. The fraction of sp³-hybridized carbons (Fsp3) is 0.318. The Morgan fingerprint density at radius 3 is 2.74 bits per heavy atom. The summed E-state index contributed by atoms with van der Waals surface area (Å²) in [5.74, 6) is 0.213. The lowest BCUT2D eigenvalue weighted by molar-refractivity contribution is 0.114. The average Bonchev–Trinajstić information content (AvgIpc) is 3.38. The number of rotatable bonds is 6. The van der Waals surface area contributed by atoms with E-state index in [4.69, 9.17) is 17.0 Å². The molecule has 27 heavy (non-hydrogen) atoms. The highest BCUT2D eigenvalue weighted by Gasteiger charge is 2.19. The molecule has 1 fully saturated rings. The molecule has 0 amide bonds. The molecule has 0 spiro atoms. The van der Waals surface area contributed by atoms with Gasteiger partial charge in [0.15, 0.2) is 5.11 Å². The van der Waals surface area contributed by atoms with E-state index in [1.54, 1.807) is 0 Å². The highest BCUT2D eigenvalue weighted by atomic mass is 32.1. The van der Waals surface area contributed by atoms with Crippen molar-refractivity contribution in [3.8, 4) is 0 Å². The zero-order valence-corrected chi connectivity index (χ0v) is 16.1. The van der Waals surface area contributed by atoms with Crippen molar-refractivity contribution in [1.82, 2.24) is 15.6 Å². The van der Waals surface area contributed by atoms with Crippen molar-refractivity contribution in [2.75, 3.05) is 19.7 Å². The van der Waals surface area contributed by atoms with Gasteiger partial charge in [0.1, 0.15) is 0 Å². The van der Waals surface area contributed by atoms with E-state index < -0.39 is 0 Å². The second-order valence-electron chi connectivity index (χ2n) is 6.98. The highest BCUT2D eigenvalue weighted by Crippen LogP contribution is 2.30. The van der Waals surface area contributed by atoms with Crippen LogP contribution in [0.25, 0.3) is 10.9 Å². The summed E-state index contributed by atoms with van der Waals surface area (Å²) in [6.07, 6.45) is 4.65. The van der Waals surface area contributed by atoms with E-state index in [0.717, 1.165) is 38.1 Å². The lowest BCUT2D eigenvalue weighted by Crippen LogP contribution is -2.41. The SMILES string of the molecule is S=C(NC[C@@H]1CCCO1)NC[C@H](c1ccccc1)c1c[nH]c2ccccc12. The summed E-state index contributed by atoms with van der Waals surface area (Å²) < 4.78 is 5.65. The summed E-state index contributed by atoms with van der Waals surface area (Å²) in [6.45, 7) is 2.38. The molecule has 2 heterocycles. The molecule has 2 atom stereocenters. The Morgan fingerprint density at radius 1 is 1.11 bits per heavy atom. The Hall–Kier alpha value is -2.37. The zero-order chi connectivity index (χ0) is 18.5.